The number of nitrogens with zero attached hydrogens (tertiary/aromatic N) is 3. The van der Waals surface area contributed by atoms with Crippen molar-refractivity contribution in [2.45, 2.75) is 39.7 Å². The molecule has 0 aliphatic carbocycles. The minimum atomic E-state index is -0.287. The van der Waals surface area contributed by atoms with Gasteiger partial charge in [-0.2, -0.15) is 5.26 Å². The Morgan fingerprint density at radius 2 is 2.19 bits per heavy atom. The topological polar surface area (TPSA) is 91.8 Å². The number of hydrogen-bond acceptors (Lipinski definition) is 6. The fourth-order valence-corrected chi connectivity index (χ4v) is 2.48. The van der Waals surface area contributed by atoms with Gasteiger partial charge < -0.3 is 9.73 Å². The number of hydrogen-bond donors (Lipinski definition) is 1. The first kappa shape index (κ1) is 15.2. The molecule has 0 saturated heterocycles. The highest BCUT2D eigenvalue weighted by atomic mass is 32.1. The molecule has 1 N–H and O–H groups in total. The summed E-state index contributed by atoms with van der Waals surface area (Å²) in [5.41, 5.74) is 0.315. The zero-order valence-electron chi connectivity index (χ0n) is 12.4. The molecule has 0 aliphatic rings. The largest absolute Gasteiger partial charge is 0.450 e. The molecule has 0 spiro atoms. The van der Waals surface area contributed by atoms with Gasteiger partial charge in [-0.3, -0.25) is 4.79 Å². The van der Waals surface area contributed by atoms with Gasteiger partial charge in [0.2, 0.25) is 5.76 Å². The van der Waals surface area contributed by atoms with Gasteiger partial charge in [0.1, 0.15) is 21.8 Å². The van der Waals surface area contributed by atoms with Crippen molar-refractivity contribution >= 4 is 17.2 Å². The van der Waals surface area contributed by atoms with E-state index >= 15 is 0 Å². The van der Waals surface area contributed by atoms with Crippen LogP contribution in [0.5, 0.6) is 0 Å². The van der Waals surface area contributed by atoms with Crippen molar-refractivity contribution in [1.82, 2.24) is 15.5 Å². The monoisotopic (exact) mass is 304 g/mol. The number of carbonyl (C=O) groups excluding carboxylic acids is 1. The van der Waals surface area contributed by atoms with Crippen LogP contribution in [-0.2, 0) is 12.0 Å². The molecule has 0 fully saturated rings. The Morgan fingerprint density at radius 3 is 2.71 bits per heavy atom. The number of nitriles is 1. The molecule has 0 atom stereocenters. The number of aryl methyl sites for hydroxylation is 1. The predicted octanol–water partition coefficient (Wildman–Crippen LogP) is 2.54. The summed E-state index contributed by atoms with van der Waals surface area (Å²) in [6.07, 6.45) is 0. The van der Waals surface area contributed by atoms with Gasteiger partial charge in [0.15, 0.2) is 0 Å². The van der Waals surface area contributed by atoms with E-state index < -0.39 is 0 Å². The summed E-state index contributed by atoms with van der Waals surface area (Å²) in [5, 5.41) is 21.4. The van der Waals surface area contributed by atoms with Crippen molar-refractivity contribution in [3.63, 3.8) is 0 Å². The standard InChI is InChI=1S/C14H16N4O2S/c1-8-10(5-9(6-15)20-8)12(19)16-7-11-17-18-13(21-11)14(2,3)4/h5H,7H2,1-4H3,(H,16,19). The van der Waals surface area contributed by atoms with E-state index in [2.05, 4.69) is 36.3 Å². The lowest BCUT2D eigenvalue weighted by molar-refractivity contribution is 0.0949. The van der Waals surface area contributed by atoms with Crippen molar-refractivity contribution < 1.29 is 9.21 Å². The van der Waals surface area contributed by atoms with Gasteiger partial charge in [-0.05, 0) is 6.92 Å². The van der Waals surface area contributed by atoms with Crippen LogP contribution in [-0.4, -0.2) is 16.1 Å². The Bertz CT molecular complexity index is 703. The molecule has 1 amide bonds. The fraction of sp³-hybridized carbons (Fsp3) is 0.429. The van der Waals surface area contributed by atoms with Crippen LogP contribution in [0.2, 0.25) is 0 Å². The summed E-state index contributed by atoms with van der Waals surface area (Å²) in [5.74, 6) is 0.269. The molecular formula is C14H16N4O2S. The first-order chi connectivity index (χ1) is 9.81. The third kappa shape index (κ3) is 3.47. The molecule has 0 aliphatic heterocycles. The van der Waals surface area contributed by atoms with E-state index in [-0.39, 0.29) is 17.1 Å². The normalized spacial score (nSPS) is 11.2. The number of carbonyl (C=O) groups is 1. The molecule has 0 aromatic carbocycles. The zero-order chi connectivity index (χ0) is 15.6. The second-order valence-corrected chi connectivity index (χ2v) is 6.69. The van der Waals surface area contributed by atoms with Gasteiger partial charge in [-0.25, -0.2) is 0 Å². The van der Waals surface area contributed by atoms with E-state index in [0.717, 1.165) is 10.0 Å². The fourth-order valence-electron chi connectivity index (χ4n) is 1.64. The van der Waals surface area contributed by atoms with Crippen LogP contribution >= 0.6 is 11.3 Å². The van der Waals surface area contributed by atoms with Gasteiger partial charge in [-0.15, -0.1) is 10.2 Å². The van der Waals surface area contributed by atoms with Crippen LogP contribution in [0.15, 0.2) is 10.5 Å². The van der Waals surface area contributed by atoms with E-state index in [9.17, 15) is 4.79 Å². The smallest absolute Gasteiger partial charge is 0.255 e. The molecule has 0 unspecified atom stereocenters. The molecule has 0 bridgehead atoms. The van der Waals surface area contributed by atoms with Crippen LogP contribution in [0, 0.1) is 18.3 Å². The molecular weight excluding hydrogens is 288 g/mol. The highest BCUT2D eigenvalue weighted by Gasteiger charge is 2.20. The summed E-state index contributed by atoms with van der Waals surface area (Å²) in [6, 6.07) is 3.31. The quantitative estimate of drug-likeness (QED) is 0.940. The van der Waals surface area contributed by atoms with Crippen molar-refractivity contribution in [2.75, 3.05) is 0 Å². The molecule has 21 heavy (non-hydrogen) atoms. The molecule has 0 radical (unpaired) electrons. The minimum Gasteiger partial charge on any atom is -0.450 e. The Kier molecular flexibility index (Phi) is 4.09. The van der Waals surface area contributed by atoms with Gasteiger partial charge in [0, 0.05) is 11.5 Å². The Labute approximate surface area is 126 Å². The lowest BCUT2D eigenvalue weighted by Crippen LogP contribution is -2.22. The van der Waals surface area contributed by atoms with Crippen LogP contribution in [0.4, 0.5) is 0 Å². The Morgan fingerprint density at radius 1 is 1.48 bits per heavy atom. The van der Waals surface area contributed by atoms with Crippen molar-refractivity contribution in [1.29, 1.82) is 5.26 Å². The SMILES string of the molecule is Cc1oc(C#N)cc1C(=O)NCc1nnc(C(C)(C)C)s1. The molecule has 2 heterocycles. The highest BCUT2D eigenvalue weighted by Crippen LogP contribution is 2.25. The molecule has 2 rings (SSSR count). The second-order valence-electron chi connectivity index (χ2n) is 5.63. The van der Waals surface area contributed by atoms with E-state index in [1.807, 2.05) is 6.07 Å². The average Bonchev–Trinajstić information content (AvgIpc) is 3.01. The summed E-state index contributed by atoms with van der Waals surface area (Å²) in [6.45, 7) is 8.15. The number of nitrogens with one attached hydrogen (secondary N) is 1. The lowest BCUT2D eigenvalue weighted by atomic mass is 9.98. The third-order valence-electron chi connectivity index (χ3n) is 2.78. The van der Waals surface area contributed by atoms with E-state index in [1.165, 1.54) is 17.4 Å². The molecule has 6 nitrogen and oxygen atoms in total. The number of furan rings is 1. The maximum absolute atomic E-state index is 12.0. The van der Waals surface area contributed by atoms with Crippen molar-refractivity contribution in [3.05, 3.63) is 33.2 Å². The van der Waals surface area contributed by atoms with Crippen LogP contribution < -0.4 is 5.32 Å². The minimum absolute atomic E-state index is 0.0528. The van der Waals surface area contributed by atoms with E-state index in [1.54, 1.807) is 6.92 Å². The van der Waals surface area contributed by atoms with E-state index in [4.69, 9.17) is 9.68 Å². The first-order valence-corrected chi connectivity index (χ1v) is 7.24. The lowest BCUT2D eigenvalue weighted by Gasteiger charge is -2.12. The highest BCUT2D eigenvalue weighted by molar-refractivity contribution is 7.11. The summed E-state index contributed by atoms with van der Waals surface area (Å²) in [4.78, 5) is 12.0. The number of aromatic nitrogens is 2. The van der Waals surface area contributed by atoms with Gasteiger partial charge in [0.25, 0.3) is 5.91 Å². The summed E-state index contributed by atoms with van der Waals surface area (Å²) in [7, 11) is 0. The van der Waals surface area contributed by atoms with Gasteiger partial charge >= 0.3 is 0 Å². The molecule has 110 valence electrons. The molecule has 0 saturated carbocycles. The van der Waals surface area contributed by atoms with Crippen molar-refractivity contribution in [2.24, 2.45) is 0 Å². The molecule has 7 heteroatoms. The Hall–Kier alpha value is -2.20. The number of rotatable bonds is 3. The first-order valence-electron chi connectivity index (χ1n) is 6.43. The average molecular weight is 304 g/mol. The van der Waals surface area contributed by atoms with E-state index in [0.29, 0.717) is 17.9 Å². The molecule has 2 aromatic rings. The van der Waals surface area contributed by atoms with Gasteiger partial charge in [0.05, 0.1) is 12.1 Å². The molecule has 2 aromatic heterocycles. The van der Waals surface area contributed by atoms with Gasteiger partial charge in [-0.1, -0.05) is 32.1 Å². The van der Waals surface area contributed by atoms with Crippen LogP contribution in [0.25, 0.3) is 0 Å². The van der Waals surface area contributed by atoms with Crippen LogP contribution in [0.1, 0.15) is 52.7 Å². The third-order valence-corrected chi connectivity index (χ3v) is 4.13. The summed E-state index contributed by atoms with van der Waals surface area (Å²) < 4.78 is 5.14. The van der Waals surface area contributed by atoms with Crippen molar-refractivity contribution in [3.8, 4) is 6.07 Å². The zero-order valence-corrected chi connectivity index (χ0v) is 13.2. The van der Waals surface area contributed by atoms with Crippen LogP contribution in [0.3, 0.4) is 0 Å². The summed E-state index contributed by atoms with van der Waals surface area (Å²) >= 11 is 1.48. The predicted molar refractivity (Wildman–Crippen MR) is 77.9 cm³/mol. The Balaban J connectivity index is 2.03. The second kappa shape index (κ2) is 5.66. The maximum atomic E-state index is 12.0. The number of amides is 1. The maximum Gasteiger partial charge on any atom is 0.255 e.